The number of nitrogens with zero attached hydrogens (tertiary/aromatic N) is 3. The number of carboxylic acid groups (broad SMARTS) is 1. The third kappa shape index (κ3) is 4.04. The second-order valence-corrected chi connectivity index (χ2v) is 4.41. The molecular weight excluding hydrogens is 268 g/mol. The average molecular weight is 281 g/mol. The third-order valence-electron chi connectivity index (χ3n) is 2.52. The Kier molecular flexibility index (Phi) is 4.48. The smallest absolute Gasteiger partial charge is 0.358 e. The van der Waals surface area contributed by atoms with E-state index in [0.29, 0.717) is 18.1 Å². The predicted octanol–water partition coefficient (Wildman–Crippen LogP) is 1.42. The van der Waals surface area contributed by atoms with Crippen LogP contribution >= 0.6 is 11.6 Å². The molecule has 2 aromatic rings. The minimum absolute atomic E-state index is 0.0438. The Morgan fingerprint density at radius 2 is 2.11 bits per heavy atom. The van der Waals surface area contributed by atoms with E-state index in [-0.39, 0.29) is 5.69 Å². The van der Waals surface area contributed by atoms with Crippen LogP contribution in [0.1, 0.15) is 16.1 Å². The van der Waals surface area contributed by atoms with Crippen molar-refractivity contribution in [3.05, 3.63) is 46.7 Å². The van der Waals surface area contributed by atoms with Crippen molar-refractivity contribution in [3.63, 3.8) is 0 Å². The number of hydrogen-bond acceptors (Lipinski definition) is 4. The summed E-state index contributed by atoms with van der Waals surface area (Å²) in [5, 5.41) is 19.9. The summed E-state index contributed by atoms with van der Waals surface area (Å²) < 4.78 is 1.50. The molecule has 19 heavy (non-hydrogen) atoms. The maximum atomic E-state index is 10.6. The number of carboxylic acids is 1. The first-order chi connectivity index (χ1) is 9.15. The highest BCUT2D eigenvalue weighted by Gasteiger charge is 2.07. The molecule has 6 nitrogen and oxygen atoms in total. The van der Waals surface area contributed by atoms with Gasteiger partial charge in [0.15, 0.2) is 5.69 Å². The summed E-state index contributed by atoms with van der Waals surface area (Å²) in [6.07, 6.45) is 1.41. The van der Waals surface area contributed by atoms with Gasteiger partial charge in [0.1, 0.15) is 0 Å². The molecule has 0 amide bonds. The van der Waals surface area contributed by atoms with E-state index in [2.05, 4.69) is 15.6 Å². The van der Waals surface area contributed by atoms with Crippen LogP contribution in [0, 0.1) is 0 Å². The van der Waals surface area contributed by atoms with Crippen molar-refractivity contribution in [2.75, 3.05) is 6.54 Å². The van der Waals surface area contributed by atoms with Gasteiger partial charge in [0.2, 0.25) is 0 Å². The molecule has 1 aromatic carbocycles. The molecule has 0 saturated carbocycles. The molecular formula is C12H13ClN4O2. The summed E-state index contributed by atoms with van der Waals surface area (Å²) in [6.45, 7) is 1.95. The monoisotopic (exact) mass is 280 g/mol. The molecule has 100 valence electrons. The van der Waals surface area contributed by atoms with Crippen LogP contribution in [0.15, 0.2) is 30.5 Å². The van der Waals surface area contributed by atoms with Gasteiger partial charge in [-0.3, -0.25) is 4.68 Å². The number of benzene rings is 1. The number of carbonyl (C=O) groups is 1. The minimum Gasteiger partial charge on any atom is -0.476 e. The SMILES string of the molecule is O=C(O)c1cn(CCNCc2ccc(Cl)cc2)nn1. The number of halogens is 1. The van der Waals surface area contributed by atoms with E-state index in [4.69, 9.17) is 16.7 Å². The van der Waals surface area contributed by atoms with Gasteiger partial charge in [-0.05, 0) is 17.7 Å². The molecule has 1 heterocycles. The van der Waals surface area contributed by atoms with Crippen LogP contribution in [0.5, 0.6) is 0 Å². The first-order valence-corrected chi connectivity index (χ1v) is 6.11. The van der Waals surface area contributed by atoms with Gasteiger partial charge in [0, 0.05) is 18.1 Å². The maximum Gasteiger partial charge on any atom is 0.358 e. The summed E-state index contributed by atoms with van der Waals surface area (Å²) in [5.41, 5.74) is 1.09. The van der Waals surface area contributed by atoms with Gasteiger partial charge < -0.3 is 10.4 Å². The van der Waals surface area contributed by atoms with Crippen molar-refractivity contribution in [1.29, 1.82) is 0 Å². The fourth-order valence-corrected chi connectivity index (χ4v) is 1.66. The van der Waals surface area contributed by atoms with Crippen molar-refractivity contribution in [3.8, 4) is 0 Å². The number of rotatable bonds is 6. The number of hydrogen-bond donors (Lipinski definition) is 2. The van der Waals surface area contributed by atoms with Crippen LogP contribution in [0.4, 0.5) is 0 Å². The van der Waals surface area contributed by atoms with Crippen molar-refractivity contribution in [2.24, 2.45) is 0 Å². The standard InChI is InChI=1S/C12H13ClN4O2/c13-10-3-1-9(2-4-10)7-14-5-6-17-8-11(12(18)19)15-16-17/h1-4,8,14H,5-7H2,(H,18,19). The molecule has 0 unspecified atom stereocenters. The van der Waals surface area contributed by atoms with Gasteiger partial charge in [-0.25, -0.2) is 4.79 Å². The molecule has 2 rings (SSSR count). The first kappa shape index (κ1) is 13.5. The molecule has 0 aliphatic heterocycles. The summed E-state index contributed by atoms with van der Waals surface area (Å²) >= 11 is 5.79. The summed E-state index contributed by atoms with van der Waals surface area (Å²) in [6, 6.07) is 7.59. The molecule has 7 heteroatoms. The molecule has 0 spiro atoms. The van der Waals surface area contributed by atoms with Gasteiger partial charge in [-0.2, -0.15) is 0 Å². The second-order valence-electron chi connectivity index (χ2n) is 3.98. The van der Waals surface area contributed by atoms with E-state index in [0.717, 1.165) is 12.1 Å². The second kappa shape index (κ2) is 6.31. The Bertz CT molecular complexity index is 553. The Balaban J connectivity index is 1.74. The van der Waals surface area contributed by atoms with Gasteiger partial charge in [-0.1, -0.05) is 28.9 Å². The fourth-order valence-electron chi connectivity index (χ4n) is 1.53. The van der Waals surface area contributed by atoms with Crippen LogP contribution in [0.25, 0.3) is 0 Å². The first-order valence-electron chi connectivity index (χ1n) is 5.74. The molecule has 0 fully saturated rings. The molecule has 0 aliphatic carbocycles. The zero-order valence-corrected chi connectivity index (χ0v) is 10.8. The fraction of sp³-hybridized carbons (Fsp3) is 0.250. The summed E-state index contributed by atoms with van der Waals surface area (Å²) in [5.74, 6) is -1.07. The lowest BCUT2D eigenvalue weighted by atomic mass is 10.2. The van der Waals surface area contributed by atoms with Gasteiger partial charge in [-0.15, -0.1) is 5.10 Å². The zero-order chi connectivity index (χ0) is 13.7. The molecule has 1 aromatic heterocycles. The van der Waals surface area contributed by atoms with E-state index in [9.17, 15) is 4.79 Å². The van der Waals surface area contributed by atoms with Crippen LogP contribution in [0.3, 0.4) is 0 Å². The van der Waals surface area contributed by atoms with Crippen LogP contribution in [-0.2, 0) is 13.1 Å². The van der Waals surface area contributed by atoms with E-state index in [1.165, 1.54) is 10.9 Å². The molecule has 0 bridgehead atoms. The van der Waals surface area contributed by atoms with Gasteiger partial charge in [0.05, 0.1) is 12.7 Å². The highest BCUT2D eigenvalue weighted by atomic mass is 35.5. The highest BCUT2D eigenvalue weighted by molar-refractivity contribution is 6.30. The minimum atomic E-state index is -1.07. The molecule has 0 saturated heterocycles. The largest absolute Gasteiger partial charge is 0.476 e. The third-order valence-corrected chi connectivity index (χ3v) is 2.77. The summed E-state index contributed by atoms with van der Waals surface area (Å²) in [4.78, 5) is 10.6. The Morgan fingerprint density at radius 1 is 1.37 bits per heavy atom. The normalized spacial score (nSPS) is 10.6. The molecule has 0 atom stereocenters. The highest BCUT2D eigenvalue weighted by Crippen LogP contribution is 2.08. The lowest BCUT2D eigenvalue weighted by molar-refractivity contribution is 0.0690. The topological polar surface area (TPSA) is 80.0 Å². The van der Waals surface area contributed by atoms with Crippen LogP contribution in [0.2, 0.25) is 5.02 Å². The zero-order valence-electron chi connectivity index (χ0n) is 10.1. The van der Waals surface area contributed by atoms with Crippen molar-refractivity contribution in [2.45, 2.75) is 13.1 Å². The van der Waals surface area contributed by atoms with Crippen LogP contribution < -0.4 is 5.32 Å². The Hall–Kier alpha value is -1.92. The molecule has 0 aliphatic rings. The quantitative estimate of drug-likeness (QED) is 0.782. The average Bonchev–Trinajstić information content (AvgIpc) is 2.86. The molecule has 0 radical (unpaired) electrons. The lowest BCUT2D eigenvalue weighted by Crippen LogP contribution is -2.19. The predicted molar refractivity (Wildman–Crippen MR) is 70.1 cm³/mol. The van der Waals surface area contributed by atoms with Crippen molar-refractivity contribution < 1.29 is 9.90 Å². The Labute approximate surface area is 115 Å². The van der Waals surface area contributed by atoms with Gasteiger partial charge >= 0.3 is 5.97 Å². The Morgan fingerprint density at radius 3 is 2.74 bits per heavy atom. The molecule has 2 N–H and O–H groups in total. The van der Waals surface area contributed by atoms with Gasteiger partial charge in [0.25, 0.3) is 0 Å². The van der Waals surface area contributed by atoms with Crippen LogP contribution in [-0.4, -0.2) is 32.6 Å². The summed E-state index contributed by atoms with van der Waals surface area (Å²) in [7, 11) is 0. The van der Waals surface area contributed by atoms with Crippen molar-refractivity contribution in [1.82, 2.24) is 20.3 Å². The van der Waals surface area contributed by atoms with E-state index >= 15 is 0 Å². The number of aromatic carboxylic acids is 1. The van der Waals surface area contributed by atoms with E-state index in [1.807, 2.05) is 24.3 Å². The van der Waals surface area contributed by atoms with E-state index < -0.39 is 5.97 Å². The van der Waals surface area contributed by atoms with Crippen molar-refractivity contribution >= 4 is 17.6 Å². The number of aromatic nitrogens is 3. The maximum absolute atomic E-state index is 10.6. The van der Waals surface area contributed by atoms with E-state index in [1.54, 1.807) is 0 Å². The number of nitrogens with one attached hydrogen (secondary N) is 1. The lowest BCUT2D eigenvalue weighted by Gasteiger charge is -2.04.